The van der Waals surface area contributed by atoms with Gasteiger partial charge in [0.1, 0.15) is 49.8 Å². The maximum atomic E-state index is 14.2. The first-order valence-electron chi connectivity index (χ1n) is 19.2. The van der Waals surface area contributed by atoms with Gasteiger partial charge >= 0.3 is 35.8 Å². The number of nitrogens with zero attached hydrogens (tertiary/aromatic N) is 3. The van der Waals surface area contributed by atoms with Crippen LogP contribution in [0.25, 0.3) is 10.4 Å². The van der Waals surface area contributed by atoms with Gasteiger partial charge in [-0.1, -0.05) is 43.0 Å². The van der Waals surface area contributed by atoms with Crippen LogP contribution in [0.3, 0.4) is 0 Å². The molecule has 0 spiro atoms. The molecule has 2 fully saturated rings. The average Bonchev–Trinajstić information content (AvgIpc) is 3.17. The predicted molar refractivity (Wildman–Crippen MR) is 208 cm³/mol. The number of azide groups is 1. The minimum Gasteiger partial charge on any atom is -0.465 e. The molecule has 2 saturated heterocycles. The Labute approximate surface area is 352 Å². The highest BCUT2D eigenvalue weighted by molar-refractivity contribution is 6.76. The van der Waals surface area contributed by atoms with Crippen LogP contribution in [0, 0.1) is 0 Å². The molecule has 2 aliphatic heterocycles. The van der Waals surface area contributed by atoms with E-state index in [1.807, 2.05) is 0 Å². The summed E-state index contributed by atoms with van der Waals surface area (Å²) in [7, 11) is -0.805. The summed E-state index contributed by atoms with van der Waals surface area (Å²) in [5.74, 6) is -9.43. The van der Waals surface area contributed by atoms with E-state index < -0.39 is 136 Å². The molecule has 61 heavy (non-hydrogen) atoms. The van der Waals surface area contributed by atoms with Crippen LogP contribution in [-0.4, -0.2) is 149 Å². The number of hydrogen-bond acceptors (Lipinski definition) is 19. The molecule has 11 atom stereocenters. The van der Waals surface area contributed by atoms with Gasteiger partial charge in [0.25, 0.3) is 5.79 Å². The van der Waals surface area contributed by atoms with Gasteiger partial charge in [-0.3, -0.25) is 24.0 Å². The van der Waals surface area contributed by atoms with Gasteiger partial charge < -0.3 is 57.8 Å². The first-order valence-corrected chi connectivity index (χ1v) is 22.9. The molecule has 22 nitrogen and oxygen atoms in total. The molecule has 1 aromatic carbocycles. The molecule has 2 aliphatic rings. The topological polar surface area (TPSA) is 293 Å². The Balaban J connectivity index is 2.27. The van der Waals surface area contributed by atoms with E-state index in [0.29, 0.717) is 6.04 Å². The summed E-state index contributed by atoms with van der Waals surface area (Å²) in [6.07, 6.45) is -14.6. The summed E-state index contributed by atoms with van der Waals surface area (Å²) in [5, 5.41) is 18.3. The monoisotopic (exact) mass is 882 g/mol. The second-order valence-corrected chi connectivity index (χ2v) is 21.0. The van der Waals surface area contributed by atoms with Gasteiger partial charge in [-0.15, -0.1) is 0 Å². The first-order chi connectivity index (χ1) is 28.6. The summed E-state index contributed by atoms with van der Waals surface area (Å²) < 4.78 is 57.3. The zero-order valence-electron chi connectivity index (χ0n) is 35.4. The van der Waals surface area contributed by atoms with E-state index in [1.54, 1.807) is 18.2 Å². The quantitative estimate of drug-likeness (QED) is 0.0500. The van der Waals surface area contributed by atoms with E-state index in [0.717, 1.165) is 41.7 Å². The number of rotatable bonds is 19. The van der Waals surface area contributed by atoms with Crippen molar-refractivity contribution >= 4 is 49.8 Å². The van der Waals surface area contributed by atoms with Gasteiger partial charge in [0.05, 0.1) is 25.1 Å². The summed E-state index contributed by atoms with van der Waals surface area (Å²) in [5.41, 5.74) is 9.95. The fraction of sp³-hybridized carbons (Fsp3) is 0.658. The number of hydrogen-bond donors (Lipinski definition) is 2. The summed E-state index contributed by atoms with van der Waals surface area (Å²) >= 11 is 0. The number of nitrogens with one attached hydrogen (secondary N) is 1. The Morgan fingerprint density at radius 1 is 0.967 bits per heavy atom. The molecule has 338 valence electrons. The predicted octanol–water partition coefficient (Wildman–Crippen LogP) is 1.87. The normalized spacial score (nSPS) is 27.1. The van der Waals surface area contributed by atoms with Gasteiger partial charge in [0, 0.05) is 54.2 Å². The fourth-order valence-corrected chi connectivity index (χ4v) is 7.26. The number of methoxy groups -OCH3 is 1. The van der Waals surface area contributed by atoms with Crippen molar-refractivity contribution < 1.29 is 86.0 Å². The van der Waals surface area contributed by atoms with E-state index in [4.69, 9.17) is 47.4 Å². The van der Waals surface area contributed by atoms with Crippen LogP contribution in [0.5, 0.6) is 0 Å². The molecule has 0 aromatic heterocycles. The number of ether oxygens (including phenoxy) is 10. The summed E-state index contributed by atoms with van der Waals surface area (Å²) in [4.78, 5) is 92.5. The highest BCUT2D eigenvalue weighted by Gasteiger charge is 2.62. The lowest BCUT2D eigenvalue weighted by atomic mass is 9.87. The molecule has 0 aliphatic carbocycles. The Hall–Kier alpha value is -5.16. The second-order valence-electron chi connectivity index (χ2n) is 15.4. The number of amides is 1. The first kappa shape index (κ1) is 50.2. The molecule has 0 bridgehead atoms. The van der Waals surface area contributed by atoms with Crippen molar-refractivity contribution in [2.45, 2.75) is 134 Å². The van der Waals surface area contributed by atoms with Gasteiger partial charge in [-0.25, -0.2) is 9.59 Å². The fourth-order valence-electron chi connectivity index (χ4n) is 6.53. The Bertz CT molecular complexity index is 1770. The number of benzene rings is 1. The van der Waals surface area contributed by atoms with Crippen molar-refractivity contribution in [2.24, 2.45) is 5.11 Å². The minimum absolute atomic E-state index is 0.0781. The van der Waals surface area contributed by atoms with Crippen LogP contribution >= 0.6 is 0 Å². The van der Waals surface area contributed by atoms with Crippen molar-refractivity contribution in [3.63, 3.8) is 0 Å². The SMILES string of the molecule is COC(=O)[C@@]1(O[C@H]2[C@@H](O)[C@@H](COC(=O)c3ccccc3)O[C@@H](OCC[Si](C)(C)C)[C@@H]2N=[N+]=[N-])C[C@H](OC(C)=O)[C@@H](NC(C)=O)[C@H]([C@H](OC(C)=O)[C@@H](COC(C)=O)OC(C)=O)O1. The number of aliphatic hydroxyl groups excluding tert-OH is 1. The number of carbonyl (C=O) groups excluding carboxylic acids is 7. The zero-order chi connectivity index (χ0) is 45.7. The molecule has 0 unspecified atom stereocenters. The Kier molecular flexibility index (Phi) is 18.6. The minimum atomic E-state index is -2.84. The number of aliphatic hydroxyl groups is 1. The Morgan fingerprint density at radius 2 is 1.62 bits per heavy atom. The summed E-state index contributed by atoms with van der Waals surface area (Å²) in [6.45, 7) is 10.1. The average molecular weight is 883 g/mol. The van der Waals surface area contributed by atoms with Crippen LogP contribution in [0.1, 0.15) is 51.4 Å². The van der Waals surface area contributed by atoms with E-state index in [2.05, 4.69) is 35.0 Å². The molecule has 1 amide bonds. The van der Waals surface area contributed by atoms with Gasteiger partial charge in [0.15, 0.2) is 18.5 Å². The maximum absolute atomic E-state index is 14.2. The Morgan fingerprint density at radius 3 is 2.16 bits per heavy atom. The standard InChI is InChI=1S/C38H54N4O18Si/c1-20(43)40-29-26(55-22(3)45)17-38(37(50)51-6,60-34(29)32(57-24(5)47)28(56-23(4)46)19-53-21(2)44)59-33-30(41-42-39)36(52-15-16-61(7,8)9)58-27(31(33)48)18-54-35(49)25-13-11-10-12-14-25/h10-14,26-34,36,48H,15-19H2,1-9H3,(H,40,43)/t26-,27+,28+,29+,30+,31-,32+,33+,34+,36+,38+/m0/s1. The van der Waals surface area contributed by atoms with Gasteiger partial charge in [0.2, 0.25) is 5.91 Å². The summed E-state index contributed by atoms with van der Waals surface area (Å²) in [6, 6.07) is 5.36. The molecule has 2 heterocycles. The van der Waals surface area contributed by atoms with E-state index in [1.165, 1.54) is 12.1 Å². The lowest BCUT2D eigenvalue weighted by molar-refractivity contribution is -0.354. The van der Waals surface area contributed by atoms with Crippen molar-refractivity contribution in [1.29, 1.82) is 0 Å². The lowest BCUT2D eigenvalue weighted by Crippen LogP contribution is -2.71. The molecule has 23 heteroatoms. The number of carbonyl (C=O) groups is 7. The molecule has 0 saturated carbocycles. The third-order valence-corrected chi connectivity index (χ3v) is 10.9. The third kappa shape index (κ3) is 14.8. The molecule has 1 aromatic rings. The van der Waals surface area contributed by atoms with E-state index >= 15 is 0 Å². The second kappa shape index (κ2) is 22.6. The third-order valence-electron chi connectivity index (χ3n) is 9.17. The highest BCUT2D eigenvalue weighted by atomic mass is 28.3. The number of esters is 6. The van der Waals surface area contributed by atoms with Crippen molar-refractivity contribution in [3.05, 3.63) is 46.3 Å². The molecule has 3 rings (SSSR count). The molecule has 2 N–H and O–H groups in total. The van der Waals surface area contributed by atoms with Gasteiger partial charge in [-0.2, -0.15) is 0 Å². The molecule has 0 radical (unpaired) electrons. The van der Waals surface area contributed by atoms with E-state index in [-0.39, 0.29) is 12.2 Å². The maximum Gasteiger partial charge on any atom is 0.366 e. The molecular formula is C38H54N4O18Si. The van der Waals surface area contributed by atoms with Crippen LogP contribution in [0.15, 0.2) is 35.4 Å². The van der Waals surface area contributed by atoms with E-state index in [9.17, 15) is 44.2 Å². The lowest BCUT2D eigenvalue weighted by Gasteiger charge is -2.51. The largest absolute Gasteiger partial charge is 0.465 e. The van der Waals surface area contributed by atoms with Crippen LogP contribution in [0.4, 0.5) is 0 Å². The van der Waals surface area contributed by atoms with Crippen molar-refractivity contribution in [2.75, 3.05) is 26.9 Å². The van der Waals surface area contributed by atoms with Crippen LogP contribution in [-0.2, 0) is 76.1 Å². The van der Waals surface area contributed by atoms with Gasteiger partial charge in [-0.05, 0) is 23.7 Å². The highest BCUT2D eigenvalue weighted by Crippen LogP contribution is 2.40. The van der Waals surface area contributed by atoms with Crippen molar-refractivity contribution in [3.8, 4) is 0 Å². The van der Waals surface area contributed by atoms with Crippen LogP contribution < -0.4 is 5.32 Å². The smallest absolute Gasteiger partial charge is 0.366 e. The van der Waals surface area contributed by atoms with Crippen LogP contribution in [0.2, 0.25) is 25.7 Å². The molecular weight excluding hydrogens is 829 g/mol. The van der Waals surface area contributed by atoms with Crippen molar-refractivity contribution in [1.82, 2.24) is 5.32 Å². The zero-order valence-corrected chi connectivity index (χ0v) is 36.4.